The van der Waals surface area contributed by atoms with Crippen molar-refractivity contribution in [1.82, 2.24) is 4.90 Å². The minimum atomic E-state index is -0.182. The number of carbonyl (C=O) groups excluding carboxylic acids is 1. The lowest BCUT2D eigenvalue weighted by Gasteiger charge is -2.07. The van der Waals surface area contributed by atoms with Gasteiger partial charge in [-0.15, -0.1) is 0 Å². The molecular weight excluding hydrogens is 202 g/mol. The third kappa shape index (κ3) is 2.86. The van der Waals surface area contributed by atoms with Gasteiger partial charge in [0.15, 0.2) is 5.78 Å². The minimum absolute atomic E-state index is 0.0685. The molecule has 3 nitrogen and oxygen atoms in total. The fourth-order valence-electron chi connectivity index (χ4n) is 1.45. The molecule has 86 valence electrons. The van der Waals surface area contributed by atoms with E-state index in [-0.39, 0.29) is 11.5 Å². The van der Waals surface area contributed by atoms with E-state index in [1.54, 1.807) is 24.1 Å². The Morgan fingerprint density at radius 2 is 1.94 bits per heavy atom. The molecule has 0 bridgehead atoms. The first-order valence-corrected chi connectivity index (χ1v) is 5.11. The van der Waals surface area contributed by atoms with Crippen molar-refractivity contribution >= 4 is 5.78 Å². The maximum atomic E-state index is 11.8. The molecule has 1 aromatic carbocycles. The normalized spacial score (nSPS) is 10.8. The summed E-state index contributed by atoms with van der Waals surface area (Å²) in [6.45, 7) is 3.69. The Morgan fingerprint density at radius 3 is 2.50 bits per heavy atom. The first-order chi connectivity index (χ1) is 7.41. The fraction of sp³-hybridized carbons (Fsp3) is 0.308. The zero-order valence-corrected chi connectivity index (χ0v) is 10.1. The molecule has 16 heavy (non-hydrogen) atoms. The van der Waals surface area contributed by atoms with E-state index >= 15 is 0 Å². The van der Waals surface area contributed by atoms with Crippen molar-refractivity contribution in [3.8, 4) is 5.75 Å². The van der Waals surface area contributed by atoms with Gasteiger partial charge in [-0.1, -0.05) is 6.07 Å². The van der Waals surface area contributed by atoms with Crippen molar-refractivity contribution < 1.29 is 9.90 Å². The second-order valence-electron chi connectivity index (χ2n) is 4.12. The summed E-state index contributed by atoms with van der Waals surface area (Å²) in [7, 11) is 3.68. The van der Waals surface area contributed by atoms with Crippen LogP contribution >= 0.6 is 0 Å². The molecule has 0 aromatic heterocycles. The first-order valence-electron chi connectivity index (χ1n) is 5.11. The highest BCUT2D eigenvalue weighted by molar-refractivity contribution is 6.06. The molecule has 0 heterocycles. The van der Waals surface area contributed by atoms with Crippen LogP contribution in [0.2, 0.25) is 0 Å². The highest BCUT2D eigenvalue weighted by atomic mass is 16.3. The van der Waals surface area contributed by atoms with Crippen LogP contribution in [0.1, 0.15) is 21.5 Å². The lowest BCUT2D eigenvalue weighted by Crippen LogP contribution is -2.04. The molecule has 0 unspecified atom stereocenters. The van der Waals surface area contributed by atoms with Gasteiger partial charge < -0.3 is 10.0 Å². The zero-order valence-electron chi connectivity index (χ0n) is 10.1. The summed E-state index contributed by atoms with van der Waals surface area (Å²) < 4.78 is 0. The van der Waals surface area contributed by atoms with Crippen LogP contribution in [0.3, 0.4) is 0 Å². The van der Waals surface area contributed by atoms with Crippen LogP contribution in [0.5, 0.6) is 5.75 Å². The Morgan fingerprint density at radius 1 is 1.31 bits per heavy atom. The van der Waals surface area contributed by atoms with Gasteiger partial charge in [-0.25, -0.2) is 0 Å². The monoisotopic (exact) mass is 219 g/mol. The molecule has 0 atom stereocenters. The number of hydrogen-bond acceptors (Lipinski definition) is 3. The lowest BCUT2D eigenvalue weighted by atomic mass is 10.0. The van der Waals surface area contributed by atoms with Crippen LogP contribution < -0.4 is 0 Å². The minimum Gasteiger partial charge on any atom is -0.507 e. The topological polar surface area (TPSA) is 40.5 Å². The largest absolute Gasteiger partial charge is 0.507 e. The fourth-order valence-corrected chi connectivity index (χ4v) is 1.45. The number of ketones is 1. The van der Waals surface area contributed by atoms with E-state index in [0.717, 1.165) is 11.1 Å². The molecule has 0 amide bonds. The third-order valence-electron chi connectivity index (χ3n) is 2.23. The quantitative estimate of drug-likeness (QED) is 0.626. The van der Waals surface area contributed by atoms with Gasteiger partial charge >= 0.3 is 0 Å². The summed E-state index contributed by atoms with van der Waals surface area (Å²) in [5, 5.41) is 9.79. The molecule has 1 rings (SSSR count). The molecule has 0 aliphatic rings. The summed E-state index contributed by atoms with van der Waals surface area (Å²) in [5.74, 6) is -0.114. The highest BCUT2D eigenvalue weighted by Crippen LogP contribution is 2.24. The molecule has 0 radical (unpaired) electrons. The molecule has 0 aliphatic carbocycles. The van der Waals surface area contributed by atoms with E-state index < -0.39 is 0 Å². The van der Waals surface area contributed by atoms with Gasteiger partial charge in [-0.05, 0) is 31.0 Å². The van der Waals surface area contributed by atoms with E-state index in [9.17, 15) is 9.90 Å². The Bertz CT molecular complexity index is 434. The Labute approximate surface area is 96.0 Å². The van der Waals surface area contributed by atoms with Crippen molar-refractivity contribution in [3.05, 3.63) is 41.1 Å². The summed E-state index contributed by atoms with van der Waals surface area (Å²) in [5.41, 5.74) is 2.05. The van der Waals surface area contributed by atoms with Crippen LogP contribution in [-0.2, 0) is 0 Å². The average molecular weight is 219 g/mol. The smallest absolute Gasteiger partial charge is 0.191 e. The number of aryl methyl sites for hydroxylation is 2. The van der Waals surface area contributed by atoms with Crippen molar-refractivity contribution in [3.63, 3.8) is 0 Å². The number of phenolic OH excluding ortho intramolecular Hbond substituents is 1. The molecule has 0 saturated heterocycles. The molecule has 1 N–H and O–H groups in total. The summed E-state index contributed by atoms with van der Waals surface area (Å²) in [4.78, 5) is 13.6. The van der Waals surface area contributed by atoms with Crippen molar-refractivity contribution in [1.29, 1.82) is 0 Å². The predicted octanol–water partition coefficient (Wildman–Crippen LogP) is 2.27. The molecule has 0 aliphatic heterocycles. The second-order valence-corrected chi connectivity index (χ2v) is 4.12. The number of phenols is 1. The SMILES string of the molecule is Cc1cc(C)c(O)c(C(=O)/C=C/N(C)C)c1. The summed E-state index contributed by atoms with van der Waals surface area (Å²) >= 11 is 0. The van der Waals surface area contributed by atoms with Crippen LogP contribution in [-0.4, -0.2) is 29.9 Å². The third-order valence-corrected chi connectivity index (χ3v) is 2.23. The lowest BCUT2D eigenvalue weighted by molar-refractivity contribution is 0.104. The van der Waals surface area contributed by atoms with Gasteiger partial charge in [0, 0.05) is 26.4 Å². The van der Waals surface area contributed by atoms with Crippen molar-refractivity contribution in [2.24, 2.45) is 0 Å². The highest BCUT2D eigenvalue weighted by Gasteiger charge is 2.11. The van der Waals surface area contributed by atoms with Crippen molar-refractivity contribution in [2.45, 2.75) is 13.8 Å². The van der Waals surface area contributed by atoms with E-state index in [1.165, 1.54) is 6.08 Å². The number of benzene rings is 1. The van der Waals surface area contributed by atoms with Gasteiger partial charge in [-0.2, -0.15) is 0 Å². The van der Waals surface area contributed by atoms with Crippen LogP contribution in [0.4, 0.5) is 0 Å². The number of allylic oxidation sites excluding steroid dienone is 1. The Hall–Kier alpha value is -1.77. The van der Waals surface area contributed by atoms with E-state index in [0.29, 0.717) is 5.56 Å². The summed E-state index contributed by atoms with van der Waals surface area (Å²) in [6.07, 6.45) is 3.12. The van der Waals surface area contributed by atoms with Gasteiger partial charge in [0.2, 0.25) is 0 Å². The van der Waals surface area contributed by atoms with Gasteiger partial charge in [0.1, 0.15) is 5.75 Å². The number of hydrogen-bond donors (Lipinski definition) is 1. The van der Waals surface area contributed by atoms with Crippen molar-refractivity contribution in [2.75, 3.05) is 14.1 Å². The van der Waals surface area contributed by atoms with E-state index in [1.807, 2.05) is 27.1 Å². The molecule has 1 aromatic rings. The van der Waals surface area contributed by atoms with Crippen LogP contribution in [0.25, 0.3) is 0 Å². The molecule has 0 fully saturated rings. The van der Waals surface area contributed by atoms with Crippen LogP contribution in [0.15, 0.2) is 24.4 Å². The maximum Gasteiger partial charge on any atom is 0.191 e. The first kappa shape index (κ1) is 12.3. The summed E-state index contributed by atoms with van der Waals surface area (Å²) in [6, 6.07) is 3.55. The average Bonchev–Trinajstić information content (AvgIpc) is 2.19. The molecule has 0 spiro atoms. The Kier molecular flexibility index (Phi) is 3.72. The van der Waals surface area contributed by atoms with Gasteiger partial charge in [0.05, 0.1) is 5.56 Å². The van der Waals surface area contributed by atoms with Gasteiger partial charge in [0.25, 0.3) is 0 Å². The standard InChI is InChI=1S/C13H17NO2/c1-9-7-10(2)13(16)11(8-9)12(15)5-6-14(3)4/h5-8,16H,1-4H3/b6-5+. The zero-order chi connectivity index (χ0) is 12.3. The van der Waals surface area contributed by atoms with E-state index in [4.69, 9.17) is 0 Å². The number of carbonyl (C=O) groups is 1. The maximum absolute atomic E-state index is 11.8. The molecular formula is C13H17NO2. The molecule has 0 saturated carbocycles. The van der Waals surface area contributed by atoms with Crippen LogP contribution in [0, 0.1) is 13.8 Å². The number of nitrogens with zero attached hydrogens (tertiary/aromatic N) is 1. The predicted molar refractivity (Wildman–Crippen MR) is 64.7 cm³/mol. The van der Waals surface area contributed by atoms with Gasteiger partial charge in [-0.3, -0.25) is 4.79 Å². The second kappa shape index (κ2) is 4.84. The van der Waals surface area contributed by atoms with E-state index in [2.05, 4.69) is 0 Å². The Balaban J connectivity index is 3.09. The number of rotatable bonds is 3. The molecule has 3 heteroatoms. The number of aromatic hydroxyl groups is 1.